The molecule has 15 atom stereocenters. The van der Waals surface area contributed by atoms with Crippen molar-refractivity contribution in [3.8, 4) is 5.75 Å². The molecule has 41 nitrogen and oxygen atoms in total. The van der Waals surface area contributed by atoms with Crippen LogP contribution in [0.25, 0.3) is 21.8 Å². The summed E-state index contributed by atoms with van der Waals surface area (Å²) in [7, 11) is 3.88. The number of benzene rings is 3. The van der Waals surface area contributed by atoms with Gasteiger partial charge in [0, 0.05) is 113 Å². The minimum Gasteiger partial charge on any atom is -0.508 e. The Morgan fingerprint density at radius 3 is 1.61 bits per heavy atom. The molecule has 0 spiro atoms. The lowest BCUT2D eigenvalue weighted by Crippen LogP contribution is -2.62. The summed E-state index contributed by atoms with van der Waals surface area (Å²) in [5.41, 5.74) is 26.1. The van der Waals surface area contributed by atoms with Crippen LogP contribution in [0, 0.1) is 5.92 Å². The molecule has 42 heteroatoms. The van der Waals surface area contributed by atoms with Crippen LogP contribution in [-0.2, 0) is 101 Å². The van der Waals surface area contributed by atoms with Crippen molar-refractivity contribution in [2.45, 2.75) is 215 Å². The van der Waals surface area contributed by atoms with E-state index in [0.29, 0.717) is 64.2 Å². The van der Waals surface area contributed by atoms with Crippen LogP contribution in [0.1, 0.15) is 122 Å². The van der Waals surface area contributed by atoms with Crippen LogP contribution >= 0.6 is 11.8 Å². The summed E-state index contributed by atoms with van der Waals surface area (Å²) < 4.78 is 0. The molecule has 17 amide bonds. The minimum atomic E-state index is -1.88. The van der Waals surface area contributed by atoms with E-state index in [-0.39, 0.29) is 76.0 Å². The summed E-state index contributed by atoms with van der Waals surface area (Å²) in [6.45, 7) is 4.83. The Morgan fingerprint density at radius 2 is 1.03 bits per heavy atom. The summed E-state index contributed by atoms with van der Waals surface area (Å²) in [6.07, 6.45) is 1.60. The van der Waals surface area contributed by atoms with Gasteiger partial charge in [-0.05, 0) is 85.9 Å². The topological polar surface area (TPSA) is 623 Å². The van der Waals surface area contributed by atoms with Gasteiger partial charge in [-0.1, -0.05) is 102 Å². The highest BCUT2D eigenvalue weighted by molar-refractivity contribution is 8.00. The van der Waals surface area contributed by atoms with Gasteiger partial charge in [-0.15, -0.1) is 11.8 Å². The number of likely N-dealkylation sites (N-methyl/N-ethyl adjacent to an activating group) is 3. The largest absolute Gasteiger partial charge is 0.508 e. The van der Waals surface area contributed by atoms with Gasteiger partial charge in [0.2, 0.25) is 100 Å². The number of carbonyl (C=O) groups excluding carboxylic acids is 17. The number of phenols is 1. The minimum absolute atomic E-state index is 0.00188. The normalized spacial score (nSPS) is 25.6. The Labute approximate surface area is 738 Å². The molecule has 5 aromatic rings. The molecule has 0 unspecified atom stereocenters. The fourth-order valence-corrected chi connectivity index (χ4v) is 16.5. The van der Waals surface area contributed by atoms with E-state index in [0.717, 1.165) is 36.3 Å². The van der Waals surface area contributed by atoms with Crippen LogP contribution in [0.15, 0.2) is 85.2 Å². The van der Waals surface area contributed by atoms with Crippen molar-refractivity contribution in [3.05, 3.63) is 102 Å². The van der Waals surface area contributed by atoms with E-state index >= 15 is 28.8 Å². The first kappa shape index (κ1) is 100. The van der Waals surface area contributed by atoms with Gasteiger partial charge in [0.05, 0.1) is 31.4 Å². The highest BCUT2D eigenvalue weighted by Crippen LogP contribution is 2.28. The maximum Gasteiger partial charge on any atom is 0.246 e. The van der Waals surface area contributed by atoms with E-state index in [2.05, 4.69) is 63.1 Å². The number of unbranched alkanes of at least 4 members (excludes halogenated alkanes) is 2. The third-order valence-electron chi connectivity index (χ3n) is 22.8. The number of hydrogen-bond acceptors (Lipinski definition) is 23. The van der Waals surface area contributed by atoms with Crippen LogP contribution in [0.2, 0.25) is 0 Å². The van der Waals surface area contributed by atoms with Crippen LogP contribution in [0.3, 0.4) is 0 Å². The quantitative estimate of drug-likeness (QED) is 0.0312. The van der Waals surface area contributed by atoms with Crippen LogP contribution in [0.4, 0.5) is 0 Å². The summed E-state index contributed by atoms with van der Waals surface area (Å²) in [5.74, 6) is -17.7. The van der Waals surface area contributed by atoms with E-state index in [9.17, 15) is 68.1 Å². The van der Waals surface area contributed by atoms with Crippen LogP contribution in [-0.4, -0.2) is 313 Å². The fourth-order valence-electron chi connectivity index (χ4n) is 15.6. The van der Waals surface area contributed by atoms with E-state index in [4.69, 9.17) is 22.9 Å². The molecule has 3 aliphatic heterocycles. The van der Waals surface area contributed by atoms with Crippen molar-refractivity contribution in [2.75, 3.05) is 72.0 Å². The molecule has 0 saturated carbocycles. The molecule has 5 heterocycles. The van der Waals surface area contributed by atoms with Gasteiger partial charge in [0.15, 0.2) is 0 Å². The van der Waals surface area contributed by atoms with E-state index in [1.165, 1.54) is 52.3 Å². The molecule has 0 bridgehead atoms. The van der Waals surface area contributed by atoms with Crippen LogP contribution in [0.5, 0.6) is 5.75 Å². The van der Waals surface area contributed by atoms with E-state index < -0.39 is 242 Å². The Bertz CT molecular complexity index is 4780. The van der Waals surface area contributed by atoms with Gasteiger partial charge in [-0.3, -0.25) is 81.5 Å². The van der Waals surface area contributed by atoms with Crippen molar-refractivity contribution >= 4 is 134 Å². The number of hydrogen-bond donors (Lipinski definition) is 19. The predicted molar refractivity (Wildman–Crippen MR) is 466 cm³/mol. The number of H-pyrrole nitrogens is 2. The number of fused-ring (bicyclic) bond motifs is 4. The lowest BCUT2D eigenvalue weighted by atomic mass is 10.00. The second kappa shape index (κ2) is 47.3. The Kier molecular flexibility index (Phi) is 37.3. The number of aromatic nitrogens is 2. The number of aromatic hydroxyl groups is 1. The summed E-state index contributed by atoms with van der Waals surface area (Å²) >= 11 is 0.758. The SMILES string of the molecule is CCCC[C@H]1C(=O)N(C)[C@@H](CCCC)C(=O)N[C@@H](CN)C(=O)N[C@H](C(=O)NCC(N)=O)CSCC(=O)N[C@@H](Cc2ccc(O)cc2)C(=O)N(C)[C@@H](C)C(=O)N[C@@H](CC(N)=O)C(=O)N2CCC[C@H]2C(=O)N[C@@H](CN)C(=O)N[C@@H](CC(C)C)C(=O)N2C[C@H](O)C[C@H]2C(=O)N[C@@H](Cc2c[nH]c3ccccc23)C(=O)N[C@@H](CO)C(=O)N[C@@H](Cc2c[nH]c3ccccc23)C(=O)N1C. The number of aliphatic hydroxyl groups excluding tert-OH is 2. The number of phenolic OH excluding ortho intramolecular Hbond substituents is 1. The molecular formula is C85H121N21O20S. The third kappa shape index (κ3) is 27.1. The number of thioether (sulfide) groups is 1. The number of rotatable bonds is 22. The smallest absolute Gasteiger partial charge is 0.246 e. The summed E-state index contributed by atoms with van der Waals surface area (Å²) in [6, 6.07) is -2.20. The maximum absolute atomic E-state index is 15.6. The predicted octanol–water partition coefficient (Wildman–Crippen LogP) is -4.24. The molecule has 0 radical (unpaired) electrons. The zero-order valence-electron chi connectivity index (χ0n) is 72.6. The maximum atomic E-state index is 15.6. The van der Waals surface area contributed by atoms with Crippen molar-refractivity contribution in [1.82, 2.24) is 87.6 Å². The molecule has 692 valence electrons. The Morgan fingerprint density at radius 1 is 0.535 bits per heavy atom. The molecule has 8 rings (SSSR count). The summed E-state index contributed by atoms with van der Waals surface area (Å²) in [4.78, 5) is 258. The number of primary amides is 2. The van der Waals surface area contributed by atoms with E-state index in [1.807, 2.05) is 13.8 Å². The molecular weight excluding hydrogens is 1670 g/mol. The standard InChI is InChI=1S/C85H121N21O20S/c1-9-11-22-65-78(119)98-62(37-87)76(117)101-64(73(114)92-40-70(89)111)43-127-44-71(112)93-58(31-47-25-27-50(108)28-26-47)81(122)102(6)46(5)72(113)95-60(35-69(88)110)83(124)105-29-17-24-66(105)79(120)99-61(36-86)75(116)96-57(30-45(3)4)84(125)106-41-51(109)34-68(106)80(121)94-56(32-48-38-90-54-20-15-13-18-52(48)54)74(115)100-63(42-107)77(118)97-59(33-49-39-91-55-21-16-14-19-53(49)55)82(123)104(8)67(23-12-10-2)85(126)103(65)7/h13-16,18-21,25-28,38-39,45-46,51,56-68,90-91,107-109H,9-12,17,22-24,29-37,40-44,86-87H2,1-8H3,(H2,88,110)(H2,89,111)(H,92,114)(H,93,112)(H,94,121)(H,95,113)(H,96,116)(H,97,118)(H,98,119)(H,99,120)(H,100,115)(H,101,117)/t46-,51+,56-,57-,58-,59-,60-,61-,62-,63-,64-,65-,66-,67-,68-/m0/s1. The van der Waals surface area contributed by atoms with Crippen LogP contribution < -0.4 is 76.1 Å². The number of nitrogens with one attached hydrogen (secondary N) is 12. The van der Waals surface area contributed by atoms with Gasteiger partial charge >= 0.3 is 0 Å². The van der Waals surface area contributed by atoms with Gasteiger partial charge in [-0.25, -0.2) is 0 Å². The lowest BCUT2D eigenvalue weighted by molar-refractivity contribution is -0.149. The van der Waals surface area contributed by atoms with Gasteiger partial charge in [-0.2, -0.15) is 0 Å². The molecule has 23 N–H and O–H groups in total. The Hall–Kier alpha value is -12.3. The van der Waals surface area contributed by atoms with Gasteiger partial charge in [0.1, 0.15) is 90.3 Å². The highest BCUT2D eigenvalue weighted by Gasteiger charge is 2.47. The average molecular weight is 1790 g/mol. The first-order valence-corrected chi connectivity index (χ1v) is 43.7. The Balaban J connectivity index is 1.16. The highest BCUT2D eigenvalue weighted by atomic mass is 32.2. The molecule has 2 aromatic heterocycles. The van der Waals surface area contributed by atoms with Crippen molar-refractivity contribution in [2.24, 2.45) is 28.9 Å². The van der Waals surface area contributed by atoms with Gasteiger partial charge < -0.3 is 126 Å². The summed E-state index contributed by atoms with van der Waals surface area (Å²) in [5, 5.41) is 59.7. The second-order valence-electron chi connectivity index (χ2n) is 32.7. The van der Waals surface area contributed by atoms with Crippen molar-refractivity contribution in [1.29, 1.82) is 0 Å². The van der Waals surface area contributed by atoms with E-state index in [1.54, 1.807) is 74.8 Å². The zero-order valence-corrected chi connectivity index (χ0v) is 73.4. The number of amides is 17. The number of aromatic amines is 2. The average Bonchev–Trinajstić information content (AvgIpc) is 1.72. The fraction of sp³-hybridized carbons (Fsp3) is 0.541. The molecule has 3 aromatic carbocycles. The number of para-hydroxylation sites is 2. The third-order valence-corrected chi connectivity index (χ3v) is 23.9. The molecule has 3 saturated heterocycles. The lowest BCUT2D eigenvalue weighted by Gasteiger charge is -2.36. The number of aliphatic hydroxyl groups is 2. The number of nitrogens with two attached hydrogens (primary N) is 4. The van der Waals surface area contributed by atoms with Crippen molar-refractivity contribution < 1.29 is 96.8 Å². The molecule has 127 heavy (non-hydrogen) atoms. The molecule has 0 aliphatic carbocycles. The van der Waals surface area contributed by atoms with Crippen molar-refractivity contribution in [3.63, 3.8) is 0 Å². The monoisotopic (exact) mass is 1790 g/mol. The first-order valence-electron chi connectivity index (χ1n) is 42.5. The number of carbonyl (C=O) groups is 17. The molecule has 3 fully saturated rings. The van der Waals surface area contributed by atoms with Gasteiger partial charge in [0.25, 0.3) is 0 Å². The number of nitrogens with zero attached hydrogens (tertiary/aromatic N) is 5. The first-order chi connectivity index (χ1) is 60.4. The molecule has 3 aliphatic rings. The zero-order chi connectivity index (χ0) is 93.2. The second-order valence-corrected chi connectivity index (χ2v) is 33.7.